The number of fused-ring (bicyclic) bond motifs is 1. The fourth-order valence-corrected chi connectivity index (χ4v) is 3.91. The van der Waals surface area contributed by atoms with Crippen molar-refractivity contribution < 1.29 is 4.79 Å². The zero-order valence-corrected chi connectivity index (χ0v) is 15.4. The molecule has 3 heterocycles. The Morgan fingerprint density at radius 2 is 1.77 bits per heavy atom. The summed E-state index contributed by atoms with van der Waals surface area (Å²) in [6.07, 6.45) is 1.82. The minimum absolute atomic E-state index is 0.140. The van der Waals surface area contributed by atoms with Gasteiger partial charge in [0.15, 0.2) is 0 Å². The van der Waals surface area contributed by atoms with Crippen molar-refractivity contribution in [1.29, 1.82) is 0 Å². The summed E-state index contributed by atoms with van der Waals surface area (Å²) >= 11 is 0. The maximum absolute atomic E-state index is 13.3. The van der Waals surface area contributed by atoms with E-state index in [0.717, 1.165) is 55.3 Å². The molecule has 5 heteroatoms. The summed E-state index contributed by atoms with van der Waals surface area (Å²) in [5.74, 6) is 1.12. The van der Waals surface area contributed by atoms with E-state index in [-0.39, 0.29) is 5.91 Å². The van der Waals surface area contributed by atoms with Crippen LogP contribution in [-0.2, 0) is 6.54 Å². The third kappa shape index (κ3) is 2.73. The van der Waals surface area contributed by atoms with Gasteiger partial charge in [0.2, 0.25) is 0 Å². The summed E-state index contributed by atoms with van der Waals surface area (Å²) in [5.41, 5.74) is 3.06. The monoisotopic (exact) mass is 348 g/mol. The first-order valence-corrected chi connectivity index (χ1v) is 9.23. The first-order valence-electron chi connectivity index (χ1n) is 9.23. The van der Waals surface area contributed by atoms with Gasteiger partial charge in [-0.1, -0.05) is 24.3 Å². The second-order valence-electron chi connectivity index (χ2n) is 6.70. The van der Waals surface area contributed by atoms with Gasteiger partial charge in [-0.05, 0) is 37.6 Å². The lowest BCUT2D eigenvalue weighted by Gasteiger charge is -2.35. The summed E-state index contributed by atoms with van der Waals surface area (Å²) in [5, 5.41) is 1.17. The number of nitrogens with zero attached hydrogens (tertiary/aromatic N) is 4. The van der Waals surface area contributed by atoms with Gasteiger partial charge in [0, 0.05) is 49.8 Å². The molecule has 134 valence electrons. The molecule has 0 saturated carbocycles. The molecule has 1 amide bonds. The predicted octanol–water partition coefficient (Wildman–Crippen LogP) is 3.33. The minimum atomic E-state index is 0.140. The number of hydrogen-bond acceptors (Lipinski definition) is 3. The molecule has 0 bridgehead atoms. The number of benzene rings is 1. The van der Waals surface area contributed by atoms with Gasteiger partial charge in [-0.2, -0.15) is 0 Å². The highest BCUT2D eigenvalue weighted by Crippen LogP contribution is 2.27. The molecule has 5 nitrogen and oxygen atoms in total. The molecule has 1 aromatic carbocycles. The molecule has 1 fully saturated rings. The van der Waals surface area contributed by atoms with Gasteiger partial charge >= 0.3 is 0 Å². The molecule has 0 aliphatic carbocycles. The number of carbonyl (C=O) groups excluding carboxylic acids is 1. The van der Waals surface area contributed by atoms with Gasteiger partial charge < -0.3 is 14.4 Å². The molecule has 1 aliphatic heterocycles. The van der Waals surface area contributed by atoms with Crippen LogP contribution in [0.25, 0.3) is 10.9 Å². The van der Waals surface area contributed by atoms with Crippen LogP contribution in [0.5, 0.6) is 0 Å². The average Bonchev–Trinajstić information content (AvgIpc) is 3.00. The number of aryl methyl sites for hydroxylation is 2. The Bertz CT molecular complexity index is 924. The van der Waals surface area contributed by atoms with Gasteiger partial charge in [0.05, 0.1) is 0 Å². The Hall–Kier alpha value is -2.82. The summed E-state index contributed by atoms with van der Waals surface area (Å²) in [4.78, 5) is 21.9. The molecule has 1 aliphatic rings. The Balaban J connectivity index is 1.58. The van der Waals surface area contributed by atoms with Crippen molar-refractivity contribution in [1.82, 2.24) is 14.5 Å². The second-order valence-corrected chi connectivity index (χ2v) is 6.70. The van der Waals surface area contributed by atoms with Crippen LogP contribution in [-0.4, -0.2) is 46.5 Å². The molecule has 0 atom stereocenters. The van der Waals surface area contributed by atoms with E-state index in [1.807, 2.05) is 41.4 Å². The van der Waals surface area contributed by atoms with Crippen molar-refractivity contribution >= 4 is 22.6 Å². The summed E-state index contributed by atoms with van der Waals surface area (Å²) in [6, 6.07) is 14.2. The lowest BCUT2D eigenvalue weighted by atomic mass is 10.1. The van der Waals surface area contributed by atoms with Crippen molar-refractivity contribution in [3.8, 4) is 0 Å². The summed E-state index contributed by atoms with van der Waals surface area (Å²) in [7, 11) is 0. The van der Waals surface area contributed by atoms with Gasteiger partial charge in [-0.15, -0.1) is 0 Å². The Morgan fingerprint density at radius 3 is 2.46 bits per heavy atom. The molecule has 0 N–H and O–H groups in total. The number of carbonyl (C=O) groups is 1. The number of aromatic nitrogens is 2. The highest BCUT2D eigenvalue weighted by atomic mass is 16.2. The number of anilines is 1. The normalized spacial score (nSPS) is 14.8. The maximum Gasteiger partial charge on any atom is 0.270 e. The second kappa shape index (κ2) is 6.83. The third-order valence-electron chi connectivity index (χ3n) is 5.28. The van der Waals surface area contributed by atoms with Crippen LogP contribution in [0.4, 0.5) is 5.82 Å². The molecule has 2 aromatic heterocycles. The standard InChI is InChI=1S/C21H24N4O/c1-3-25-18-9-5-4-8-17(18)16(2)20(25)21(26)24-14-12-23(13-15-24)19-10-6-7-11-22-19/h4-11H,3,12-15H2,1-2H3. The molecule has 1 saturated heterocycles. The topological polar surface area (TPSA) is 41.4 Å². The number of hydrogen-bond donors (Lipinski definition) is 0. The smallest absolute Gasteiger partial charge is 0.270 e. The van der Waals surface area contributed by atoms with E-state index in [2.05, 4.69) is 40.4 Å². The Morgan fingerprint density at radius 1 is 1.04 bits per heavy atom. The van der Waals surface area contributed by atoms with Crippen LogP contribution >= 0.6 is 0 Å². The summed E-state index contributed by atoms with van der Waals surface area (Å²) < 4.78 is 2.15. The first-order chi connectivity index (χ1) is 12.7. The lowest BCUT2D eigenvalue weighted by Crippen LogP contribution is -2.49. The van der Waals surface area contributed by atoms with Crippen molar-refractivity contribution in [2.75, 3.05) is 31.1 Å². The van der Waals surface area contributed by atoms with E-state index in [0.29, 0.717) is 0 Å². The lowest BCUT2D eigenvalue weighted by molar-refractivity contribution is 0.0735. The zero-order chi connectivity index (χ0) is 18.1. The number of para-hydroxylation sites is 1. The van der Waals surface area contributed by atoms with Crippen molar-refractivity contribution in [3.63, 3.8) is 0 Å². The fourth-order valence-electron chi connectivity index (χ4n) is 3.91. The highest BCUT2D eigenvalue weighted by molar-refractivity contribution is 6.01. The quantitative estimate of drug-likeness (QED) is 0.729. The summed E-state index contributed by atoms with van der Waals surface area (Å²) in [6.45, 7) is 8.03. The van der Waals surface area contributed by atoms with Crippen molar-refractivity contribution in [3.05, 3.63) is 59.9 Å². The number of pyridine rings is 1. The number of amides is 1. The van der Waals surface area contributed by atoms with Crippen LogP contribution in [0.1, 0.15) is 23.0 Å². The molecule has 4 rings (SSSR count). The van der Waals surface area contributed by atoms with Gasteiger partial charge in [0.1, 0.15) is 11.5 Å². The van der Waals surface area contributed by atoms with E-state index < -0.39 is 0 Å². The first kappa shape index (κ1) is 16.6. The SMILES string of the molecule is CCn1c(C(=O)N2CCN(c3ccccn3)CC2)c(C)c2ccccc21. The van der Waals surface area contributed by atoms with Gasteiger partial charge in [0.25, 0.3) is 5.91 Å². The zero-order valence-electron chi connectivity index (χ0n) is 15.4. The van der Waals surface area contributed by atoms with Crippen molar-refractivity contribution in [2.24, 2.45) is 0 Å². The molecule has 3 aromatic rings. The van der Waals surface area contributed by atoms with Crippen LogP contribution in [0.2, 0.25) is 0 Å². The Labute approximate surface area is 153 Å². The maximum atomic E-state index is 13.3. The minimum Gasteiger partial charge on any atom is -0.353 e. The van der Waals surface area contributed by atoms with E-state index in [4.69, 9.17) is 0 Å². The molecular formula is C21H24N4O. The predicted molar refractivity (Wildman–Crippen MR) is 105 cm³/mol. The molecular weight excluding hydrogens is 324 g/mol. The molecule has 26 heavy (non-hydrogen) atoms. The highest BCUT2D eigenvalue weighted by Gasteiger charge is 2.27. The Kier molecular flexibility index (Phi) is 4.37. The largest absolute Gasteiger partial charge is 0.353 e. The van der Waals surface area contributed by atoms with Crippen LogP contribution < -0.4 is 4.90 Å². The van der Waals surface area contributed by atoms with Crippen LogP contribution in [0.3, 0.4) is 0 Å². The fraction of sp³-hybridized carbons (Fsp3) is 0.333. The third-order valence-corrected chi connectivity index (χ3v) is 5.28. The van der Waals surface area contributed by atoms with E-state index in [1.165, 1.54) is 5.39 Å². The van der Waals surface area contributed by atoms with E-state index in [1.54, 1.807) is 0 Å². The van der Waals surface area contributed by atoms with Crippen molar-refractivity contribution in [2.45, 2.75) is 20.4 Å². The molecule has 0 spiro atoms. The van der Waals surface area contributed by atoms with Crippen LogP contribution in [0.15, 0.2) is 48.7 Å². The molecule has 0 radical (unpaired) electrons. The van der Waals surface area contributed by atoms with Gasteiger partial charge in [-0.25, -0.2) is 4.98 Å². The number of piperazine rings is 1. The number of rotatable bonds is 3. The molecule has 0 unspecified atom stereocenters. The van der Waals surface area contributed by atoms with E-state index in [9.17, 15) is 4.79 Å². The van der Waals surface area contributed by atoms with Gasteiger partial charge in [-0.3, -0.25) is 4.79 Å². The average molecular weight is 348 g/mol. The van der Waals surface area contributed by atoms with Crippen LogP contribution in [0, 0.1) is 6.92 Å². The van der Waals surface area contributed by atoms with E-state index >= 15 is 0 Å².